The minimum Gasteiger partial charge on any atom is -0.418 e. The summed E-state index contributed by atoms with van der Waals surface area (Å²) in [5, 5.41) is 10.8. The highest BCUT2D eigenvalue weighted by Gasteiger charge is 2.25. The molecule has 1 fully saturated rings. The van der Waals surface area contributed by atoms with Crippen LogP contribution in [0, 0.1) is 0 Å². The number of piperazine rings is 1. The second-order valence-corrected chi connectivity index (χ2v) is 10.1. The Hall–Kier alpha value is -3.12. The Kier molecular flexibility index (Phi) is 5.85. The molecule has 1 saturated heterocycles. The van der Waals surface area contributed by atoms with Gasteiger partial charge in [0.05, 0.1) is 22.9 Å². The first kappa shape index (κ1) is 22.4. The molecule has 2 aliphatic rings. The van der Waals surface area contributed by atoms with Gasteiger partial charge in [0.1, 0.15) is 4.88 Å². The second-order valence-electron chi connectivity index (χ2n) is 8.67. The maximum Gasteiger partial charge on any atom is 0.263 e. The molecule has 6 rings (SSSR count). The van der Waals surface area contributed by atoms with Gasteiger partial charge in [-0.15, -0.1) is 11.3 Å². The zero-order valence-electron chi connectivity index (χ0n) is 19.0. The Morgan fingerprint density at radius 3 is 2.91 bits per heavy atom. The van der Waals surface area contributed by atoms with Crippen LogP contribution in [-0.2, 0) is 6.54 Å². The number of hydrogen-bond acceptors (Lipinski definition) is 10. The van der Waals surface area contributed by atoms with Crippen LogP contribution in [0.15, 0.2) is 24.5 Å². The predicted octanol–water partition coefficient (Wildman–Crippen LogP) is 3.03. The molecule has 0 spiro atoms. The molecule has 0 bridgehead atoms. The van der Waals surface area contributed by atoms with Crippen molar-refractivity contribution >= 4 is 55.7 Å². The van der Waals surface area contributed by atoms with E-state index in [0.29, 0.717) is 40.8 Å². The third-order valence-electron chi connectivity index (χ3n) is 6.11. The van der Waals surface area contributed by atoms with Crippen LogP contribution in [0.25, 0.3) is 21.1 Å². The van der Waals surface area contributed by atoms with Gasteiger partial charge < -0.3 is 20.7 Å². The highest BCUT2D eigenvalue weighted by atomic mass is 35.5. The van der Waals surface area contributed by atoms with E-state index in [1.807, 2.05) is 19.1 Å². The molecule has 2 aliphatic heterocycles. The third-order valence-corrected chi connectivity index (χ3v) is 7.45. The first-order chi connectivity index (χ1) is 17.0. The van der Waals surface area contributed by atoms with Gasteiger partial charge in [0.15, 0.2) is 0 Å². The van der Waals surface area contributed by atoms with Crippen LogP contribution in [0.2, 0.25) is 5.28 Å². The van der Waals surface area contributed by atoms with Crippen molar-refractivity contribution in [2.75, 3.05) is 38.0 Å². The van der Waals surface area contributed by atoms with Crippen molar-refractivity contribution in [3.05, 3.63) is 40.3 Å². The molecule has 35 heavy (non-hydrogen) atoms. The van der Waals surface area contributed by atoms with E-state index in [4.69, 9.17) is 16.3 Å². The Balaban J connectivity index is 1.35. The fourth-order valence-electron chi connectivity index (χ4n) is 4.40. The van der Waals surface area contributed by atoms with E-state index >= 15 is 0 Å². The number of halogens is 1. The minimum atomic E-state index is -0.0718. The number of rotatable bonds is 4. The summed E-state index contributed by atoms with van der Waals surface area (Å²) in [6.45, 7) is 7.02. The van der Waals surface area contributed by atoms with Crippen LogP contribution in [-0.4, -0.2) is 69.5 Å². The number of anilines is 1. The van der Waals surface area contributed by atoms with Crippen molar-refractivity contribution in [2.45, 2.75) is 19.5 Å². The molecule has 4 aromatic rings. The van der Waals surface area contributed by atoms with Crippen LogP contribution < -0.4 is 20.7 Å². The molecule has 3 N–H and O–H groups in total. The molecule has 1 atom stereocenters. The summed E-state index contributed by atoms with van der Waals surface area (Å²) in [4.78, 5) is 33.4. The number of amides is 1. The van der Waals surface area contributed by atoms with Crippen molar-refractivity contribution in [2.24, 2.45) is 0 Å². The van der Waals surface area contributed by atoms with Crippen molar-refractivity contribution in [3.63, 3.8) is 0 Å². The Morgan fingerprint density at radius 1 is 1.20 bits per heavy atom. The zero-order chi connectivity index (χ0) is 23.9. The number of aromatic nitrogens is 4. The summed E-state index contributed by atoms with van der Waals surface area (Å²) in [5.41, 5.74) is 3.02. The Labute approximate surface area is 210 Å². The van der Waals surface area contributed by atoms with Gasteiger partial charge in [-0.05, 0) is 30.7 Å². The van der Waals surface area contributed by atoms with Gasteiger partial charge in [0.2, 0.25) is 17.0 Å². The molecule has 0 aliphatic carbocycles. The van der Waals surface area contributed by atoms with Gasteiger partial charge in [0.25, 0.3) is 5.91 Å². The van der Waals surface area contributed by atoms with E-state index in [-0.39, 0.29) is 17.2 Å². The highest BCUT2D eigenvalue weighted by Crippen LogP contribution is 2.40. The molecule has 0 saturated carbocycles. The van der Waals surface area contributed by atoms with Crippen molar-refractivity contribution in [1.29, 1.82) is 0 Å². The fraction of sp³-hybridized carbons (Fsp3) is 0.348. The molecule has 3 aromatic heterocycles. The number of fused-ring (bicyclic) bond motifs is 5. The van der Waals surface area contributed by atoms with Crippen molar-refractivity contribution in [3.8, 4) is 11.8 Å². The minimum absolute atomic E-state index is 0.0355. The second kappa shape index (κ2) is 9.15. The van der Waals surface area contributed by atoms with Crippen LogP contribution in [0.1, 0.15) is 22.2 Å². The number of thiophene rings is 1. The SMILES string of the molecule is C[C@@H]1CNc2c(sc3ccc4nc(Oc5nc(Cl)ncc5CN5CCNCC5)cnc4c23)C(=O)N1. The maximum absolute atomic E-state index is 12.7. The molecule has 1 amide bonds. The highest BCUT2D eigenvalue weighted by molar-refractivity contribution is 7.21. The number of nitrogens with zero attached hydrogens (tertiary/aromatic N) is 5. The molecule has 12 heteroatoms. The monoisotopic (exact) mass is 510 g/mol. The lowest BCUT2D eigenvalue weighted by atomic mass is 10.1. The van der Waals surface area contributed by atoms with E-state index in [1.54, 1.807) is 12.4 Å². The van der Waals surface area contributed by atoms with Crippen LogP contribution >= 0.6 is 22.9 Å². The first-order valence-corrected chi connectivity index (χ1v) is 12.6. The largest absolute Gasteiger partial charge is 0.418 e. The summed E-state index contributed by atoms with van der Waals surface area (Å²) < 4.78 is 7.04. The van der Waals surface area contributed by atoms with Gasteiger partial charge in [-0.1, -0.05) is 0 Å². The van der Waals surface area contributed by atoms with E-state index < -0.39 is 0 Å². The van der Waals surface area contributed by atoms with Gasteiger partial charge in [-0.2, -0.15) is 4.98 Å². The Morgan fingerprint density at radius 2 is 2.06 bits per heavy atom. The number of ether oxygens (including phenoxy) is 1. The fourth-order valence-corrected chi connectivity index (χ4v) is 5.61. The average Bonchev–Trinajstić information content (AvgIpc) is 3.17. The molecular formula is C23H23ClN8O2S. The maximum atomic E-state index is 12.7. The van der Waals surface area contributed by atoms with E-state index in [9.17, 15) is 4.79 Å². The topological polar surface area (TPSA) is 117 Å². The Bertz CT molecular complexity index is 1440. The molecule has 0 unspecified atom stereocenters. The lowest BCUT2D eigenvalue weighted by Gasteiger charge is -2.27. The first-order valence-electron chi connectivity index (χ1n) is 11.4. The lowest BCUT2D eigenvalue weighted by molar-refractivity contribution is 0.0949. The summed E-state index contributed by atoms with van der Waals surface area (Å²) >= 11 is 7.53. The van der Waals surface area contributed by atoms with E-state index in [1.165, 1.54) is 11.3 Å². The standard InChI is InChI=1S/C23H23ClN8O2S/c1-12-8-26-19-17-15(35-20(19)21(33)29-12)3-2-14-18(17)27-10-16(30-14)34-22-13(9-28-23(24)31-22)11-32-6-4-25-5-7-32/h2-3,9-10,12,25-26H,4-8,11H2,1H3,(H,29,33)/t12-/m1/s1. The van der Waals surface area contributed by atoms with Crippen LogP contribution in [0.3, 0.4) is 0 Å². The third kappa shape index (κ3) is 4.36. The van der Waals surface area contributed by atoms with Crippen molar-refractivity contribution < 1.29 is 9.53 Å². The van der Waals surface area contributed by atoms with Gasteiger partial charge in [0, 0.05) is 67.2 Å². The number of carbonyl (C=O) groups is 1. The van der Waals surface area contributed by atoms with E-state index in [2.05, 4.69) is 40.8 Å². The number of hydrogen-bond donors (Lipinski definition) is 3. The predicted molar refractivity (Wildman–Crippen MR) is 136 cm³/mol. The quantitative estimate of drug-likeness (QED) is 0.356. The van der Waals surface area contributed by atoms with Crippen molar-refractivity contribution in [1.82, 2.24) is 35.5 Å². The molecule has 180 valence electrons. The molecule has 0 radical (unpaired) electrons. The molecule has 5 heterocycles. The summed E-state index contributed by atoms with van der Waals surface area (Å²) in [7, 11) is 0. The molecule has 10 nitrogen and oxygen atoms in total. The average molecular weight is 511 g/mol. The number of carbonyl (C=O) groups excluding carboxylic acids is 1. The summed E-state index contributed by atoms with van der Waals surface area (Å²) in [6.07, 6.45) is 3.28. The van der Waals surface area contributed by atoms with Gasteiger partial charge >= 0.3 is 0 Å². The summed E-state index contributed by atoms with van der Waals surface area (Å²) in [5.74, 6) is 0.612. The zero-order valence-corrected chi connectivity index (χ0v) is 20.5. The molecule has 1 aromatic carbocycles. The number of benzene rings is 1. The van der Waals surface area contributed by atoms with Gasteiger partial charge in [-0.25, -0.2) is 15.0 Å². The van der Waals surface area contributed by atoms with E-state index in [0.717, 1.165) is 47.5 Å². The van der Waals surface area contributed by atoms with Crippen LogP contribution in [0.4, 0.5) is 5.69 Å². The van der Waals surface area contributed by atoms with Crippen LogP contribution in [0.5, 0.6) is 11.8 Å². The number of nitrogens with one attached hydrogen (secondary N) is 3. The normalized spacial score (nSPS) is 18.7. The smallest absolute Gasteiger partial charge is 0.263 e. The summed E-state index contributed by atoms with van der Waals surface area (Å²) in [6, 6.07) is 3.89. The van der Waals surface area contributed by atoms with Gasteiger partial charge in [-0.3, -0.25) is 9.69 Å². The lowest BCUT2D eigenvalue weighted by Crippen LogP contribution is -2.42. The molecular weight excluding hydrogens is 488 g/mol.